The van der Waals surface area contributed by atoms with Crippen molar-refractivity contribution in [2.75, 3.05) is 40.4 Å². The zero-order valence-corrected chi connectivity index (χ0v) is 11.7. The van der Waals surface area contributed by atoms with Gasteiger partial charge in [0.25, 0.3) is 0 Å². The number of hydrogen-bond donors (Lipinski definition) is 0. The number of allylic oxidation sites excluding steroid dienone is 1. The lowest BCUT2D eigenvalue weighted by molar-refractivity contribution is -0.135. The lowest BCUT2D eigenvalue weighted by Crippen LogP contribution is -2.46. The molecule has 0 N–H and O–H groups in total. The summed E-state index contributed by atoms with van der Waals surface area (Å²) in [6.45, 7) is 6.96. The Morgan fingerprint density at radius 1 is 1.33 bits per heavy atom. The predicted octanol–water partition coefficient (Wildman–Crippen LogP) is 1.52. The molecule has 0 spiro atoms. The number of hydrogen-bond acceptors (Lipinski definition) is 3. The molecule has 1 aliphatic rings. The smallest absolute Gasteiger partial charge is 0.223 e. The first kappa shape index (κ1) is 15.2. The molecule has 1 aliphatic heterocycles. The summed E-state index contributed by atoms with van der Waals surface area (Å²) in [5, 5.41) is 0. The highest BCUT2D eigenvalue weighted by Gasteiger charge is 2.24. The van der Waals surface area contributed by atoms with Gasteiger partial charge in [0.2, 0.25) is 5.91 Å². The monoisotopic (exact) mass is 254 g/mol. The van der Waals surface area contributed by atoms with Crippen LogP contribution in [0.4, 0.5) is 0 Å². The fraction of sp³-hybridized carbons (Fsp3) is 0.786. The van der Waals surface area contributed by atoms with Crippen LogP contribution in [0.3, 0.4) is 0 Å². The van der Waals surface area contributed by atoms with Crippen molar-refractivity contribution in [2.24, 2.45) is 0 Å². The topological polar surface area (TPSA) is 32.8 Å². The molecule has 0 saturated carbocycles. The Morgan fingerprint density at radius 3 is 2.56 bits per heavy atom. The van der Waals surface area contributed by atoms with Crippen LogP contribution in [0.15, 0.2) is 12.7 Å². The number of likely N-dealkylation sites (N-methyl/N-ethyl adjacent to an activating group) is 1. The molecule has 0 aromatic heterocycles. The van der Waals surface area contributed by atoms with E-state index in [0.717, 1.165) is 45.6 Å². The van der Waals surface area contributed by atoms with Gasteiger partial charge < -0.3 is 14.5 Å². The number of amides is 1. The average molecular weight is 254 g/mol. The van der Waals surface area contributed by atoms with Crippen LogP contribution in [0.1, 0.15) is 25.7 Å². The van der Waals surface area contributed by atoms with Gasteiger partial charge in [-0.25, -0.2) is 0 Å². The summed E-state index contributed by atoms with van der Waals surface area (Å²) in [6, 6.07) is 0.357. The SMILES string of the molecule is C=CCCC(=O)N(CCN(C)C)C1CCOCC1. The molecule has 1 saturated heterocycles. The number of carbonyl (C=O) groups is 1. The van der Waals surface area contributed by atoms with Crippen LogP contribution < -0.4 is 0 Å². The molecule has 4 nitrogen and oxygen atoms in total. The number of ether oxygens (including phenoxy) is 1. The van der Waals surface area contributed by atoms with Crippen molar-refractivity contribution in [1.29, 1.82) is 0 Å². The number of rotatable bonds is 7. The minimum Gasteiger partial charge on any atom is -0.381 e. The van der Waals surface area contributed by atoms with E-state index < -0.39 is 0 Å². The van der Waals surface area contributed by atoms with E-state index in [1.807, 2.05) is 25.1 Å². The van der Waals surface area contributed by atoms with Crippen LogP contribution in [-0.2, 0) is 9.53 Å². The van der Waals surface area contributed by atoms with Crippen molar-refractivity contribution in [3.63, 3.8) is 0 Å². The van der Waals surface area contributed by atoms with Gasteiger partial charge in [0.05, 0.1) is 0 Å². The van der Waals surface area contributed by atoms with Crippen molar-refractivity contribution in [2.45, 2.75) is 31.7 Å². The quantitative estimate of drug-likeness (QED) is 0.646. The van der Waals surface area contributed by atoms with E-state index in [4.69, 9.17) is 4.74 Å². The zero-order valence-electron chi connectivity index (χ0n) is 11.7. The molecule has 18 heavy (non-hydrogen) atoms. The molecule has 1 heterocycles. The van der Waals surface area contributed by atoms with Gasteiger partial charge in [-0.15, -0.1) is 6.58 Å². The standard InChI is InChI=1S/C14H26N2O2/c1-4-5-6-14(17)16(10-9-15(2)3)13-7-11-18-12-8-13/h4,13H,1,5-12H2,2-3H3. The Balaban J connectivity index is 2.54. The predicted molar refractivity (Wildman–Crippen MR) is 73.5 cm³/mol. The first-order valence-corrected chi connectivity index (χ1v) is 6.78. The Hall–Kier alpha value is -0.870. The summed E-state index contributed by atoms with van der Waals surface area (Å²) >= 11 is 0. The Kier molecular flexibility index (Phi) is 6.98. The molecule has 0 aromatic carbocycles. The van der Waals surface area contributed by atoms with Crippen LogP contribution in [0.2, 0.25) is 0 Å². The highest BCUT2D eigenvalue weighted by Crippen LogP contribution is 2.16. The largest absolute Gasteiger partial charge is 0.381 e. The second kappa shape index (κ2) is 8.27. The molecule has 104 valence electrons. The summed E-state index contributed by atoms with van der Waals surface area (Å²) < 4.78 is 5.37. The maximum absolute atomic E-state index is 12.2. The van der Waals surface area contributed by atoms with Gasteiger partial charge in [0.15, 0.2) is 0 Å². The van der Waals surface area contributed by atoms with Crippen molar-refractivity contribution in [3.8, 4) is 0 Å². The van der Waals surface area contributed by atoms with Gasteiger partial charge in [0.1, 0.15) is 0 Å². The normalized spacial score (nSPS) is 16.8. The molecular weight excluding hydrogens is 228 g/mol. The molecule has 4 heteroatoms. The summed E-state index contributed by atoms with van der Waals surface area (Å²) in [5.74, 6) is 0.253. The van der Waals surface area contributed by atoms with Gasteiger partial charge in [-0.05, 0) is 33.4 Å². The molecule has 0 bridgehead atoms. The highest BCUT2D eigenvalue weighted by molar-refractivity contribution is 5.76. The molecule has 1 amide bonds. The zero-order chi connectivity index (χ0) is 13.4. The minimum atomic E-state index is 0.253. The summed E-state index contributed by atoms with van der Waals surface area (Å²) in [5.41, 5.74) is 0. The third-order valence-electron chi connectivity index (χ3n) is 3.30. The molecule has 0 atom stereocenters. The Bertz CT molecular complexity index is 261. The van der Waals surface area contributed by atoms with Crippen LogP contribution in [-0.4, -0.2) is 62.1 Å². The molecule has 0 aromatic rings. The van der Waals surface area contributed by atoms with Gasteiger partial charge in [-0.3, -0.25) is 4.79 Å². The van der Waals surface area contributed by atoms with E-state index >= 15 is 0 Å². The van der Waals surface area contributed by atoms with E-state index in [1.165, 1.54) is 0 Å². The average Bonchev–Trinajstić information content (AvgIpc) is 2.37. The van der Waals surface area contributed by atoms with Crippen molar-refractivity contribution < 1.29 is 9.53 Å². The van der Waals surface area contributed by atoms with Gasteiger partial charge in [-0.2, -0.15) is 0 Å². The van der Waals surface area contributed by atoms with Crippen LogP contribution in [0.25, 0.3) is 0 Å². The molecule has 0 radical (unpaired) electrons. The molecule has 0 aliphatic carbocycles. The minimum absolute atomic E-state index is 0.253. The molecule has 0 unspecified atom stereocenters. The third-order valence-corrected chi connectivity index (χ3v) is 3.30. The maximum Gasteiger partial charge on any atom is 0.223 e. The van der Waals surface area contributed by atoms with E-state index in [1.54, 1.807) is 0 Å². The van der Waals surface area contributed by atoms with Gasteiger partial charge in [-0.1, -0.05) is 6.08 Å². The Labute approximate surface area is 111 Å². The van der Waals surface area contributed by atoms with Crippen molar-refractivity contribution in [1.82, 2.24) is 9.80 Å². The summed E-state index contributed by atoms with van der Waals surface area (Å²) in [4.78, 5) is 16.4. The lowest BCUT2D eigenvalue weighted by atomic mass is 10.1. The molecule has 1 fully saturated rings. The van der Waals surface area contributed by atoms with E-state index in [9.17, 15) is 4.79 Å². The van der Waals surface area contributed by atoms with E-state index in [2.05, 4.69) is 11.5 Å². The Morgan fingerprint density at radius 2 is 2.00 bits per heavy atom. The fourth-order valence-electron chi connectivity index (χ4n) is 2.18. The second-order valence-corrected chi connectivity index (χ2v) is 5.06. The number of carbonyl (C=O) groups excluding carboxylic acids is 1. The van der Waals surface area contributed by atoms with Crippen molar-refractivity contribution in [3.05, 3.63) is 12.7 Å². The van der Waals surface area contributed by atoms with E-state index in [-0.39, 0.29) is 5.91 Å². The molecule has 1 rings (SSSR count). The first-order valence-electron chi connectivity index (χ1n) is 6.78. The number of nitrogens with zero attached hydrogens (tertiary/aromatic N) is 2. The highest BCUT2D eigenvalue weighted by atomic mass is 16.5. The second-order valence-electron chi connectivity index (χ2n) is 5.06. The maximum atomic E-state index is 12.2. The third kappa shape index (κ3) is 5.19. The lowest BCUT2D eigenvalue weighted by Gasteiger charge is -2.35. The van der Waals surface area contributed by atoms with E-state index in [0.29, 0.717) is 12.5 Å². The molecular formula is C14H26N2O2. The fourth-order valence-corrected chi connectivity index (χ4v) is 2.18. The van der Waals surface area contributed by atoms with Crippen LogP contribution >= 0.6 is 0 Å². The van der Waals surface area contributed by atoms with Gasteiger partial charge >= 0.3 is 0 Å². The van der Waals surface area contributed by atoms with Crippen molar-refractivity contribution >= 4 is 5.91 Å². The first-order chi connectivity index (χ1) is 8.65. The van der Waals surface area contributed by atoms with Crippen LogP contribution in [0.5, 0.6) is 0 Å². The summed E-state index contributed by atoms with van der Waals surface area (Å²) in [7, 11) is 4.08. The van der Waals surface area contributed by atoms with Crippen LogP contribution in [0, 0.1) is 0 Å². The summed E-state index contributed by atoms with van der Waals surface area (Å²) in [6.07, 6.45) is 5.08. The van der Waals surface area contributed by atoms with Gasteiger partial charge in [0, 0.05) is 38.8 Å².